The average Bonchev–Trinajstić information content (AvgIpc) is 2.24. The molecule has 3 heteroatoms. The molecular formula is C13H30N2S. The van der Waals surface area contributed by atoms with Gasteiger partial charge in [-0.05, 0) is 51.7 Å². The highest BCUT2D eigenvalue weighted by Gasteiger charge is 2.10. The molecule has 0 aromatic heterocycles. The van der Waals surface area contributed by atoms with E-state index in [1.807, 2.05) is 11.8 Å². The molecule has 0 aromatic carbocycles. The second kappa shape index (κ2) is 10.4. The van der Waals surface area contributed by atoms with Crippen LogP contribution < -0.4 is 5.32 Å². The number of thioether (sulfide) groups is 1. The Bertz CT molecular complexity index is 151. The van der Waals surface area contributed by atoms with E-state index in [2.05, 4.69) is 44.3 Å². The Hall–Kier alpha value is 0.270. The van der Waals surface area contributed by atoms with Gasteiger partial charge in [0.1, 0.15) is 0 Å². The molecule has 1 atom stereocenters. The predicted molar refractivity (Wildman–Crippen MR) is 77.4 cm³/mol. The maximum Gasteiger partial charge on any atom is 0.0180 e. The van der Waals surface area contributed by atoms with Crippen molar-refractivity contribution in [3.05, 3.63) is 0 Å². The lowest BCUT2D eigenvalue weighted by molar-refractivity contribution is 0.252. The van der Waals surface area contributed by atoms with Gasteiger partial charge in [-0.3, -0.25) is 0 Å². The van der Waals surface area contributed by atoms with E-state index in [4.69, 9.17) is 0 Å². The lowest BCUT2D eigenvalue weighted by atomic mass is 10.2. The molecule has 1 unspecified atom stereocenters. The normalized spacial score (nSPS) is 13.7. The van der Waals surface area contributed by atoms with Gasteiger partial charge in [0.15, 0.2) is 0 Å². The summed E-state index contributed by atoms with van der Waals surface area (Å²) in [6.07, 6.45) is 4.71. The van der Waals surface area contributed by atoms with Crippen molar-refractivity contribution in [2.45, 2.75) is 39.7 Å². The summed E-state index contributed by atoms with van der Waals surface area (Å²) in [5, 5.41) is 3.50. The van der Waals surface area contributed by atoms with Gasteiger partial charge >= 0.3 is 0 Å². The zero-order valence-electron chi connectivity index (χ0n) is 11.8. The Labute approximate surface area is 107 Å². The fourth-order valence-electron chi connectivity index (χ4n) is 1.78. The van der Waals surface area contributed by atoms with Crippen LogP contribution in [0.5, 0.6) is 0 Å². The van der Waals surface area contributed by atoms with E-state index in [1.54, 1.807) is 0 Å². The Morgan fingerprint density at radius 2 is 2.00 bits per heavy atom. The first-order chi connectivity index (χ1) is 7.61. The summed E-state index contributed by atoms with van der Waals surface area (Å²) >= 11 is 1.95. The average molecular weight is 246 g/mol. The van der Waals surface area contributed by atoms with Gasteiger partial charge in [0.25, 0.3) is 0 Å². The van der Waals surface area contributed by atoms with Crippen LogP contribution in [0.15, 0.2) is 0 Å². The lowest BCUT2D eigenvalue weighted by Crippen LogP contribution is -2.35. The fraction of sp³-hybridized carbons (Fsp3) is 1.00. The number of nitrogens with zero attached hydrogens (tertiary/aromatic N) is 1. The Kier molecular flexibility index (Phi) is 10.6. The Balaban J connectivity index is 3.51. The molecule has 16 heavy (non-hydrogen) atoms. The SMILES string of the molecule is CCC(CSC)N(C)CCCNCC(C)C. The zero-order valence-corrected chi connectivity index (χ0v) is 12.6. The van der Waals surface area contributed by atoms with Gasteiger partial charge in [0, 0.05) is 11.8 Å². The highest BCUT2D eigenvalue weighted by molar-refractivity contribution is 7.98. The topological polar surface area (TPSA) is 15.3 Å². The molecule has 0 aliphatic heterocycles. The van der Waals surface area contributed by atoms with Gasteiger partial charge in [-0.15, -0.1) is 0 Å². The molecule has 98 valence electrons. The van der Waals surface area contributed by atoms with Crippen LogP contribution in [0.2, 0.25) is 0 Å². The van der Waals surface area contributed by atoms with E-state index in [0.717, 1.165) is 25.0 Å². The van der Waals surface area contributed by atoms with Crippen molar-refractivity contribution in [1.29, 1.82) is 0 Å². The summed E-state index contributed by atoms with van der Waals surface area (Å²) in [4.78, 5) is 2.51. The van der Waals surface area contributed by atoms with Crippen LogP contribution in [0, 0.1) is 5.92 Å². The van der Waals surface area contributed by atoms with E-state index >= 15 is 0 Å². The van der Waals surface area contributed by atoms with Crippen molar-refractivity contribution in [2.24, 2.45) is 5.92 Å². The molecule has 0 aromatic rings. The van der Waals surface area contributed by atoms with E-state index in [1.165, 1.54) is 25.1 Å². The highest BCUT2D eigenvalue weighted by Crippen LogP contribution is 2.08. The number of hydrogen-bond acceptors (Lipinski definition) is 3. The molecule has 0 saturated heterocycles. The first-order valence-corrected chi connectivity index (χ1v) is 7.91. The first-order valence-electron chi connectivity index (χ1n) is 6.51. The van der Waals surface area contributed by atoms with Crippen LogP contribution in [-0.2, 0) is 0 Å². The van der Waals surface area contributed by atoms with Crippen molar-refractivity contribution >= 4 is 11.8 Å². The van der Waals surface area contributed by atoms with Crippen LogP contribution in [0.4, 0.5) is 0 Å². The van der Waals surface area contributed by atoms with Crippen LogP contribution in [0.3, 0.4) is 0 Å². The molecule has 0 radical (unpaired) electrons. The predicted octanol–water partition coefficient (Wildman–Crippen LogP) is 2.70. The summed E-state index contributed by atoms with van der Waals surface area (Å²) in [6, 6.07) is 0.750. The van der Waals surface area contributed by atoms with Gasteiger partial charge in [0.2, 0.25) is 0 Å². The van der Waals surface area contributed by atoms with Crippen molar-refractivity contribution < 1.29 is 0 Å². The lowest BCUT2D eigenvalue weighted by Gasteiger charge is -2.26. The summed E-state index contributed by atoms with van der Waals surface area (Å²) < 4.78 is 0. The molecule has 0 amide bonds. The summed E-state index contributed by atoms with van der Waals surface area (Å²) in [5.74, 6) is 2.02. The monoisotopic (exact) mass is 246 g/mol. The maximum atomic E-state index is 3.50. The van der Waals surface area contributed by atoms with Crippen LogP contribution in [0.1, 0.15) is 33.6 Å². The minimum atomic E-state index is 0.750. The minimum Gasteiger partial charge on any atom is -0.316 e. The molecule has 0 aliphatic carbocycles. The summed E-state index contributed by atoms with van der Waals surface area (Å²) in [6.45, 7) is 10.3. The maximum absolute atomic E-state index is 3.50. The molecule has 0 fully saturated rings. The number of hydrogen-bond donors (Lipinski definition) is 1. The first kappa shape index (κ1) is 16.3. The quantitative estimate of drug-likeness (QED) is 0.597. The number of rotatable bonds is 10. The van der Waals surface area contributed by atoms with E-state index in [0.29, 0.717) is 0 Å². The van der Waals surface area contributed by atoms with Gasteiger partial charge in [-0.25, -0.2) is 0 Å². The third kappa shape index (κ3) is 8.43. The number of nitrogens with one attached hydrogen (secondary N) is 1. The molecule has 0 aliphatic rings. The Morgan fingerprint density at radius 1 is 1.31 bits per heavy atom. The van der Waals surface area contributed by atoms with Crippen LogP contribution in [0.25, 0.3) is 0 Å². The van der Waals surface area contributed by atoms with E-state index in [9.17, 15) is 0 Å². The molecular weight excluding hydrogens is 216 g/mol. The molecule has 0 rings (SSSR count). The van der Waals surface area contributed by atoms with E-state index < -0.39 is 0 Å². The van der Waals surface area contributed by atoms with E-state index in [-0.39, 0.29) is 0 Å². The second-order valence-electron chi connectivity index (χ2n) is 4.95. The smallest absolute Gasteiger partial charge is 0.0180 e. The standard InChI is InChI=1S/C13H30N2S/c1-6-13(11-16-5)15(4)9-7-8-14-10-12(2)3/h12-14H,6-11H2,1-5H3. The third-order valence-corrected chi connectivity index (χ3v) is 3.59. The Morgan fingerprint density at radius 3 is 2.50 bits per heavy atom. The summed E-state index contributed by atoms with van der Waals surface area (Å²) in [7, 11) is 2.26. The second-order valence-corrected chi connectivity index (χ2v) is 5.86. The van der Waals surface area contributed by atoms with Crippen LogP contribution >= 0.6 is 11.8 Å². The third-order valence-electron chi connectivity index (χ3n) is 2.87. The van der Waals surface area contributed by atoms with Crippen molar-refractivity contribution in [2.75, 3.05) is 38.7 Å². The molecule has 0 heterocycles. The van der Waals surface area contributed by atoms with Crippen molar-refractivity contribution in [1.82, 2.24) is 10.2 Å². The molecule has 0 spiro atoms. The van der Waals surface area contributed by atoms with Crippen molar-refractivity contribution in [3.63, 3.8) is 0 Å². The largest absolute Gasteiger partial charge is 0.316 e. The van der Waals surface area contributed by atoms with Gasteiger partial charge in [0.05, 0.1) is 0 Å². The van der Waals surface area contributed by atoms with Gasteiger partial charge in [-0.2, -0.15) is 11.8 Å². The molecule has 2 nitrogen and oxygen atoms in total. The van der Waals surface area contributed by atoms with Gasteiger partial charge in [-0.1, -0.05) is 20.8 Å². The summed E-state index contributed by atoms with van der Waals surface area (Å²) in [5.41, 5.74) is 0. The molecule has 0 saturated carbocycles. The van der Waals surface area contributed by atoms with Gasteiger partial charge < -0.3 is 10.2 Å². The molecule has 1 N–H and O–H groups in total. The van der Waals surface area contributed by atoms with Crippen LogP contribution in [-0.4, -0.2) is 49.6 Å². The zero-order chi connectivity index (χ0) is 12.4. The minimum absolute atomic E-state index is 0.750. The highest BCUT2D eigenvalue weighted by atomic mass is 32.2. The molecule has 0 bridgehead atoms. The van der Waals surface area contributed by atoms with Crippen molar-refractivity contribution in [3.8, 4) is 0 Å². The fourth-order valence-corrected chi connectivity index (χ4v) is 2.65.